The van der Waals surface area contributed by atoms with Crippen molar-refractivity contribution in [2.24, 2.45) is 0 Å². The molecule has 2 rings (SSSR count). The minimum absolute atomic E-state index is 0.506. The summed E-state index contributed by atoms with van der Waals surface area (Å²) >= 11 is 13.0. The summed E-state index contributed by atoms with van der Waals surface area (Å²) in [6.45, 7) is 1.82. The maximum absolute atomic E-state index is 10.0. The van der Waals surface area contributed by atoms with Crippen LogP contribution in [0.4, 0.5) is 0 Å². The average Bonchev–Trinajstić information content (AvgIpc) is 2.71. The Morgan fingerprint density at radius 1 is 1.40 bits per heavy atom. The highest BCUT2D eigenvalue weighted by molar-refractivity contribution is 7.20. The number of halogens is 2. The number of thiophene rings is 1. The van der Waals surface area contributed by atoms with Crippen LogP contribution in [0, 0.1) is 6.92 Å². The van der Waals surface area contributed by atoms with Crippen molar-refractivity contribution in [3.05, 3.63) is 44.0 Å². The van der Waals surface area contributed by atoms with E-state index >= 15 is 0 Å². The second kappa shape index (κ2) is 4.18. The number of rotatable bonds is 2. The SMILES string of the molecule is Cc1cc(C(O)c2cc(Cl)sc2Cl)co1. The molecule has 0 aromatic carbocycles. The van der Waals surface area contributed by atoms with E-state index in [1.54, 1.807) is 12.1 Å². The highest BCUT2D eigenvalue weighted by Gasteiger charge is 2.18. The minimum Gasteiger partial charge on any atom is -0.469 e. The van der Waals surface area contributed by atoms with E-state index in [1.165, 1.54) is 17.6 Å². The predicted octanol–water partition coefficient (Wildman–Crippen LogP) is 4.04. The van der Waals surface area contributed by atoms with Crippen LogP contribution in [0.3, 0.4) is 0 Å². The number of hydrogen-bond donors (Lipinski definition) is 1. The Balaban J connectivity index is 2.35. The molecule has 2 aromatic rings. The van der Waals surface area contributed by atoms with Gasteiger partial charge >= 0.3 is 0 Å². The van der Waals surface area contributed by atoms with Gasteiger partial charge in [-0.25, -0.2) is 0 Å². The zero-order valence-electron chi connectivity index (χ0n) is 7.83. The molecule has 80 valence electrons. The zero-order valence-corrected chi connectivity index (χ0v) is 10.2. The van der Waals surface area contributed by atoms with Gasteiger partial charge in [0.05, 0.1) is 10.6 Å². The molecule has 5 heteroatoms. The fourth-order valence-electron chi connectivity index (χ4n) is 1.33. The monoisotopic (exact) mass is 262 g/mol. The fraction of sp³-hybridized carbons (Fsp3) is 0.200. The highest BCUT2D eigenvalue weighted by atomic mass is 35.5. The highest BCUT2D eigenvalue weighted by Crippen LogP contribution is 2.37. The van der Waals surface area contributed by atoms with E-state index in [0.717, 1.165) is 5.76 Å². The summed E-state index contributed by atoms with van der Waals surface area (Å²) in [6, 6.07) is 3.44. The Morgan fingerprint density at radius 2 is 2.13 bits per heavy atom. The first-order valence-corrected chi connectivity index (χ1v) is 5.83. The van der Waals surface area contributed by atoms with Crippen molar-refractivity contribution >= 4 is 34.5 Å². The molecule has 0 aliphatic carbocycles. The number of aliphatic hydroxyl groups is 1. The first-order chi connectivity index (χ1) is 7.08. The summed E-state index contributed by atoms with van der Waals surface area (Å²) in [6.07, 6.45) is 0.737. The maximum atomic E-state index is 10.0. The average molecular weight is 263 g/mol. The zero-order chi connectivity index (χ0) is 11.0. The van der Waals surface area contributed by atoms with Crippen molar-refractivity contribution in [1.29, 1.82) is 0 Å². The van der Waals surface area contributed by atoms with Gasteiger partial charge in [-0.1, -0.05) is 23.2 Å². The Hall–Kier alpha value is -0.480. The van der Waals surface area contributed by atoms with E-state index in [0.29, 0.717) is 19.8 Å². The van der Waals surface area contributed by atoms with Gasteiger partial charge in [0.15, 0.2) is 0 Å². The lowest BCUT2D eigenvalue weighted by atomic mass is 10.1. The molecule has 0 bridgehead atoms. The molecule has 0 aliphatic rings. The first-order valence-electron chi connectivity index (χ1n) is 4.25. The van der Waals surface area contributed by atoms with E-state index in [-0.39, 0.29) is 0 Å². The van der Waals surface area contributed by atoms with Crippen molar-refractivity contribution < 1.29 is 9.52 Å². The van der Waals surface area contributed by atoms with Gasteiger partial charge in [0.1, 0.15) is 16.2 Å². The Kier molecular flexibility index (Phi) is 3.07. The number of hydrogen-bond acceptors (Lipinski definition) is 3. The molecule has 1 atom stereocenters. The van der Waals surface area contributed by atoms with E-state index in [4.69, 9.17) is 27.6 Å². The summed E-state index contributed by atoms with van der Waals surface area (Å²) in [7, 11) is 0. The number of furan rings is 1. The third-order valence-corrected chi connectivity index (χ3v) is 3.56. The molecule has 0 radical (unpaired) electrons. The van der Waals surface area contributed by atoms with Crippen LogP contribution in [-0.2, 0) is 0 Å². The van der Waals surface area contributed by atoms with Crippen molar-refractivity contribution in [2.45, 2.75) is 13.0 Å². The molecule has 0 aliphatic heterocycles. The van der Waals surface area contributed by atoms with Gasteiger partial charge in [0.2, 0.25) is 0 Å². The van der Waals surface area contributed by atoms with Gasteiger partial charge in [-0.05, 0) is 19.1 Å². The topological polar surface area (TPSA) is 33.4 Å². The molecule has 0 fully saturated rings. The van der Waals surface area contributed by atoms with Crippen LogP contribution in [0.25, 0.3) is 0 Å². The number of aliphatic hydroxyl groups excluding tert-OH is 1. The molecule has 2 aromatic heterocycles. The predicted molar refractivity (Wildman–Crippen MR) is 61.8 cm³/mol. The minimum atomic E-state index is -0.779. The largest absolute Gasteiger partial charge is 0.469 e. The summed E-state index contributed by atoms with van der Waals surface area (Å²) in [4.78, 5) is 0. The lowest BCUT2D eigenvalue weighted by Crippen LogP contribution is -1.96. The van der Waals surface area contributed by atoms with Crippen LogP contribution in [0.15, 0.2) is 22.8 Å². The summed E-state index contributed by atoms with van der Waals surface area (Å²) in [5.74, 6) is 0.751. The molecule has 2 heterocycles. The van der Waals surface area contributed by atoms with Gasteiger partial charge in [-0.3, -0.25) is 0 Å². The van der Waals surface area contributed by atoms with Crippen LogP contribution in [0.2, 0.25) is 8.67 Å². The number of aryl methyl sites for hydroxylation is 1. The molecule has 0 amide bonds. The van der Waals surface area contributed by atoms with Gasteiger partial charge < -0.3 is 9.52 Å². The molecule has 0 saturated carbocycles. The lowest BCUT2D eigenvalue weighted by molar-refractivity contribution is 0.220. The van der Waals surface area contributed by atoms with E-state index in [1.807, 2.05) is 6.92 Å². The lowest BCUT2D eigenvalue weighted by Gasteiger charge is -2.05. The second-order valence-corrected chi connectivity index (χ2v) is 5.46. The van der Waals surface area contributed by atoms with Crippen LogP contribution in [-0.4, -0.2) is 5.11 Å². The van der Waals surface area contributed by atoms with Crippen LogP contribution >= 0.6 is 34.5 Å². The second-order valence-electron chi connectivity index (χ2n) is 3.17. The third kappa shape index (κ3) is 2.21. The molecule has 1 N–H and O–H groups in total. The van der Waals surface area contributed by atoms with Gasteiger partial charge in [0.25, 0.3) is 0 Å². The van der Waals surface area contributed by atoms with E-state index < -0.39 is 6.10 Å². The van der Waals surface area contributed by atoms with Gasteiger partial charge in [-0.2, -0.15) is 0 Å². The molecule has 2 nitrogen and oxygen atoms in total. The first kappa shape index (κ1) is 11.0. The standard InChI is InChI=1S/C10H8Cl2O2S/c1-5-2-6(4-14-5)9(13)7-3-8(11)15-10(7)12/h2-4,9,13H,1H3. The van der Waals surface area contributed by atoms with Crippen LogP contribution in [0.1, 0.15) is 23.0 Å². The van der Waals surface area contributed by atoms with Crippen LogP contribution < -0.4 is 0 Å². The van der Waals surface area contributed by atoms with Gasteiger partial charge in [-0.15, -0.1) is 11.3 Å². The smallest absolute Gasteiger partial charge is 0.109 e. The van der Waals surface area contributed by atoms with Crippen molar-refractivity contribution in [2.75, 3.05) is 0 Å². The van der Waals surface area contributed by atoms with Crippen molar-refractivity contribution in [3.63, 3.8) is 0 Å². The summed E-state index contributed by atoms with van der Waals surface area (Å²) < 4.78 is 6.19. The molecule has 0 saturated heterocycles. The Bertz CT molecular complexity index is 475. The third-order valence-electron chi connectivity index (χ3n) is 2.04. The molecular weight excluding hydrogens is 255 g/mol. The maximum Gasteiger partial charge on any atom is 0.109 e. The molecule has 15 heavy (non-hydrogen) atoms. The van der Waals surface area contributed by atoms with Crippen molar-refractivity contribution in [3.8, 4) is 0 Å². The Labute approximate surface area is 101 Å². The summed E-state index contributed by atoms with van der Waals surface area (Å²) in [5, 5.41) is 10.0. The molecular formula is C10H8Cl2O2S. The molecule has 1 unspecified atom stereocenters. The van der Waals surface area contributed by atoms with Crippen LogP contribution in [0.5, 0.6) is 0 Å². The summed E-state index contributed by atoms with van der Waals surface area (Å²) in [5.41, 5.74) is 1.30. The van der Waals surface area contributed by atoms with E-state index in [2.05, 4.69) is 0 Å². The fourth-order valence-corrected chi connectivity index (χ4v) is 2.85. The van der Waals surface area contributed by atoms with E-state index in [9.17, 15) is 5.11 Å². The quantitative estimate of drug-likeness (QED) is 0.887. The normalized spacial score (nSPS) is 13.1. The van der Waals surface area contributed by atoms with Crippen molar-refractivity contribution in [1.82, 2.24) is 0 Å². The van der Waals surface area contributed by atoms with Gasteiger partial charge in [0, 0.05) is 11.1 Å². The Morgan fingerprint density at radius 3 is 2.60 bits per heavy atom. The molecule has 0 spiro atoms.